The normalized spacial score (nSPS) is 10.3. The number of carbonyl (C=O) groups excluding carboxylic acids is 1. The number of halogens is 2. The van der Waals surface area contributed by atoms with Gasteiger partial charge in [-0.25, -0.2) is 0 Å². The second kappa shape index (κ2) is 8.03. The summed E-state index contributed by atoms with van der Waals surface area (Å²) < 4.78 is 0. The Morgan fingerprint density at radius 1 is 1.14 bits per heavy atom. The number of anilines is 2. The van der Waals surface area contributed by atoms with Crippen LogP contribution in [0.3, 0.4) is 0 Å². The molecule has 0 aliphatic rings. The van der Waals surface area contributed by atoms with Gasteiger partial charge in [-0.3, -0.25) is 4.79 Å². The predicted molar refractivity (Wildman–Crippen MR) is 90.8 cm³/mol. The fraction of sp³-hybridized carbons (Fsp3) is 0.188. The van der Waals surface area contributed by atoms with Crippen LogP contribution in [-0.4, -0.2) is 30.7 Å². The van der Waals surface area contributed by atoms with E-state index < -0.39 is 0 Å². The quantitative estimate of drug-likeness (QED) is 0.848. The number of aliphatic hydroxyl groups is 1. The molecule has 0 unspecified atom stereocenters. The Morgan fingerprint density at radius 2 is 1.86 bits per heavy atom. The summed E-state index contributed by atoms with van der Waals surface area (Å²) in [5.74, 6) is -0.221. The van der Waals surface area contributed by atoms with Gasteiger partial charge in [0.2, 0.25) is 5.91 Å². The maximum Gasteiger partial charge on any atom is 0.243 e. The summed E-state index contributed by atoms with van der Waals surface area (Å²) in [6.45, 7) is 0.444. The second-order valence-electron chi connectivity index (χ2n) is 4.65. The third kappa shape index (κ3) is 4.63. The lowest BCUT2D eigenvalue weighted by molar-refractivity contribution is -0.115. The highest BCUT2D eigenvalue weighted by atomic mass is 35.5. The molecule has 0 bridgehead atoms. The average Bonchev–Trinajstić information content (AvgIpc) is 2.50. The SMILES string of the molecule is O=C(CN(CCO)c1ccccc1)Nc1ccc(Cl)cc1Cl. The first-order valence-corrected chi connectivity index (χ1v) is 7.51. The van der Waals surface area contributed by atoms with Gasteiger partial charge in [0.25, 0.3) is 0 Å². The fourth-order valence-electron chi connectivity index (χ4n) is 2.01. The van der Waals surface area contributed by atoms with Crippen LogP contribution in [0.4, 0.5) is 11.4 Å². The molecule has 2 rings (SSSR count). The van der Waals surface area contributed by atoms with E-state index in [-0.39, 0.29) is 19.1 Å². The lowest BCUT2D eigenvalue weighted by Crippen LogP contribution is -2.35. The molecule has 0 saturated carbocycles. The summed E-state index contributed by atoms with van der Waals surface area (Å²) in [6.07, 6.45) is 0. The molecule has 0 spiro atoms. The smallest absolute Gasteiger partial charge is 0.243 e. The molecule has 0 aliphatic carbocycles. The monoisotopic (exact) mass is 338 g/mol. The van der Waals surface area contributed by atoms with Gasteiger partial charge in [-0.1, -0.05) is 41.4 Å². The van der Waals surface area contributed by atoms with E-state index in [1.165, 1.54) is 0 Å². The number of carbonyl (C=O) groups is 1. The molecule has 0 atom stereocenters. The van der Waals surface area contributed by atoms with Crippen molar-refractivity contribution in [1.29, 1.82) is 0 Å². The summed E-state index contributed by atoms with van der Waals surface area (Å²) in [6, 6.07) is 14.3. The van der Waals surface area contributed by atoms with Crippen LogP contribution in [0, 0.1) is 0 Å². The van der Waals surface area contributed by atoms with Crippen LogP contribution in [0.25, 0.3) is 0 Å². The number of nitrogens with zero attached hydrogens (tertiary/aromatic N) is 1. The van der Waals surface area contributed by atoms with Crippen LogP contribution in [0.5, 0.6) is 0 Å². The third-order valence-electron chi connectivity index (χ3n) is 3.03. The number of rotatable bonds is 6. The molecule has 6 heteroatoms. The Hall–Kier alpha value is -1.75. The van der Waals surface area contributed by atoms with E-state index in [9.17, 15) is 4.79 Å². The summed E-state index contributed by atoms with van der Waals surface area (Å²) in [7, 11) is 0. The van der Waals surface area contributed by atoms with Crippen molar-refractivity contribution in [2.24, 2.45) is 0 Å². The molecule has 1 amide bonds. The van der Waals surface area contributed by atoms with Gasteiger partial charge in [-0.05, 0) is 30.3 Å². The number of hydrogen-bond acceptors (Lipinski definition) is 3. The van der Waals surface area contributed by atoms with Gasteiger partial charge in [0.1, 0.15) is 0 Å². The van der Waals surface area contributed by atoms with E-state index in [0.29, 0.717) is 22.3 Å². The van der Waals surface area contributed by atoms with E-state index >= 15 is 0 Å². The molecule has 0 aliphatic heterocycles. The van der Waals surface area contributed by atoms with Crippen LogP contribution in [0.1, 0.15) is 0 Å². The largest absolute Gasteiger partial charge is 0.395 e. The molecule has 22 heavy (non-hydrogen) atoms. The van der Waals surface area contributed by atoms with Crippen molar-refractivity contribution in [1.82, 2.24) is 0 Å². The Kier molecular flexibility index (Phi) is 6.07. The van der Waals surface area contributed by atoms with E-state index in [0.717, 1.165) is 5.69 Å². The van der Waals surface area contributed by atoms with E-state index in [1.807, 2.05) is 30.3 Å². The first kappa shape index (κ1) is 16.6. The van der Waals surface area contributed by atoms with Crippen molar-refractivity contribution in [2.75, 3.05) is 29.9 Å². The average molecular weight is 339 g/mol. The molecule has 2 N–H and O–H groups in total. The van der Waals surface area contributed by atoms with Crippen molar-refractivity contribution in [3.05, 3.63) is 58.6 Å². The highest BCUT2D eigenvalue weighted by molar-refractivity contribution is 6.36. The minimum Gasteiger partial charge on any atom is -0.395 e. The van der Waals surface area contributed by atoms with Gasteiger partial charge in [-0.2, -0.15) is 0 Å². The van der Waals surface area contributed by atoms with E-state index in [4.69, 9.17) is 28.3 Å². The van der Waals surface area contributed by atoms with Crippen LogP contribution < -0.4 is 10.2 Å². The minimum absolute atomic E-state index is 0.0378. The number of para-hydroxylation sites is 1. The maximum atomic E-state index is 12.2. The van der Waals surface area contributed by atoms with Gasteiger partial charge < -0.3 is 15.3 Å². The molecule has 0 heterocycles. The van der Waals surface area contributed by atoms with Crippen molar-refractivity contribution >= 4 is 40.5 Å². The topological polar surface area (TPSA) is 52.6 Å². The molecule has 0 saturated heterocycles. The Morgan fingerprint density at radius 3 is 2.50 bits per heavy atom. The van der Waals surface area contributed by atoms with Crippen LogP contribution in [-0.2, 0) is 4.79 Å². The first-order chi connectivity index (χ1) is 10.6. The Bertz CT molecular complexity index is 635. The minimum atomic E-state index is -0.221. The highest BCUT2D eigenvalue weighted by Crippen LogP contribution is 2.25. The predicted octanol–water partition coefficient (Wildman–Crippen LogP) is 3.43. The van der Waals surface area contributed by atoms with Crippen LogP contribution >= 0.6 is 23.2 Å². The first-order valence-electron chi connectivity index (χ1n) is 6.76. The number of amides is 1. The number of aliphatic hydroxyl groups excluding tert-OH is 1. The van der Waals surface area contributed by atoms with Gasteiger partial charge >= 0.3 is 0 Å². The molecule has 2 aromatic rings. The summed E-state index contributed by atoms with van der Waals surface area (Å²) in [5.41, 5.74) is 1.38. The molecule has 2 aromatic carbocycles. The second-order valence-corrected chi connectivity index (χ2v) is 5.50. The summed E-state index contributed by atoms with van der Waals surface area (Å²) in [4.78, 5) is 14.0. The standard InChI is InChI=1S/C16H16Cl2N2O2/c17-12-6-7-15(14(18)10-12)19-16(22)11-20(8-9-21)13-4-2-1-3-5-13/h1-7,10,21H,8-9,11H2,(H,19,22). The number of hydrogen-bond donors (Lipinski definition) is 2. The van der Waals surface area contributed by atoms with Crippen molar-refractivity contribution < 1.29 is 9.90 Å². The lowest BCUT2D eigenvalue weighted by Gasteiger charge is -2.23. The fourth-order valence-corrected chi connectivity index (χ4v) is 2.47. The van der Waals surface area contributed by atoms with Gasteiger partial charge in [-0.15, -0.1) is 0 Å². The van der Waals surface area contributed by atoms with E-state index in [1.54, 1.807) is 23.1 Å². The maximum absolute atomic E-state index is 12.2. The van der Waals surface area contributed by atoms with Gasteiger partial charge in [0.15, 0.2) is 0 Å². The summed E-state index contributed by atoms with van der Waals surface area (Å²) >= 11 is 11.9. The molecule has 116 valence electrons. The van der Waals surface area contributed by atoms with Crippen molar-refractivity contribution in [2.45, 2.75) is 0 Å². The zero-order valence-corrected chi connectivity index (χ0v) is 13.3. The van der Waals surface area contributed by atoms with Crippen LogP contribution in [0.2, 0.25) is 10.0 Å². The van der Waals surface area contributed by atoms with E-state index in [2.05, 4.69) is 5.32 Å². The zero-order chi connectivity index (χ0) is 15.9. The number of benzene rings is 2. The van der Waals surface area contributed by atoms with Crippen molar-refractivity contribution in [3.63, 3.8) is 0 Å². The molecule has 0 fully saturated rings. The van der Waals surface area contributed by atoms with Gasteiger partial charge in [0, 0.05) is 17.3 Å². The molecule has 4 nitrogen and oxygen atoms in total. The summed E-state index contributed by atoms with van der Waals surface area (Å²) in [5, 5.41) is 12.8. The highest BCUT2D eigenvalue weighted by Gasteiger charge is 2.12. The Balaban J connectivity index is 2.05. The van der Waals surface area contributed by atoms with Gasteiger partial charge in [0.05, 0.1) is 23.9 Å². The molecular formula is C16H16Cl2N2O2. The Labute approximate surface area is 139 Å². The van der Waals surface area contributed by atoms with Crippen LogP contribution in [0.15, 0.2) is 48.5 Å². The zero-order valence-electron chi connectivity index (χ0n) is 11.8. The lowest BCUT2D eigenvalue weighted by atomic mass is 10.2. The number of nitrogens with one attached hydrogen (secondary N) is 1. The third-order valence-corrected chi connectivity index (χ3v) is 3.58. The molecule has 0 aromatic heterocycles. The molecule has 0 radical (unpaired) electrons. The van der Waals surface area contributed by atoms with Crippen molar-refractivity contribution in [3.8, 4) is 0 Å². The molecular weight excluding hydrogens is 323 g/mol.